The van der Waals surface area contributed by atoms with E-state index >= 15 is 0 Å². The Balaban J connectivity index is 2.30. The van der Waals surface area contributed by atoms with E-state index in [2.05, 4.69) is 29.0 Å². The number of rotatable bonds is 2. The normalized spacial score (nSPS) is 10.4. The molecular weight excluding hydrogens is 218 g/mol. The van der Waals surface area contributed by atoms with Gasteiger partial charge in [-0.2, -0.15) is 0 Å². The van der Waals surface area contributed by atoms with Crippen LogP contribution in [0.1, 0.15) is 11.3 Å². The predicted octanol–water partition coefficient (Wildman–Crippen LogP) is 2.83. The van der Waals surface area contributed by atoms with E-state index in [0.29, 0.717) is 5.95 Å². The minimum absolute atomic E-state index is 0.330. The molecule has 82 valence electrons. The van der Waals surface area contributed by atoms with Gasteiger partial charge >= 0.3 is 0 Å². The zero-order chi connectivity index (χ0) is 11.5. The van der Waals surface area contributed by atoms with Crippen LogP contribution >= 0.6 is 11.8 Å². The van der Waals surface area contributed by atoms with Gasteiger partial charge in [-0.25, -0.2) is 9.97 Å². The summed E-state index contributed by atoms with van der Waals surface area (Å²) in [5.41, 5.74) is 7.75. The molecule has 1 aromatic carbocycles. The molecule has 0 saturated heterocycles. The van der Waals surface area contributed by atoms with Gasteiger partial charge < -0.3 is 5.73 Å². The second kappa shape index (κ2) is 4.53. The maximum absolute atomic E-state index is 5.62. The van der Waals surface area contributed by atoms with Gasteiger partial charge in [-0.1, -0.05) is 30.0 Å². The van der Waals surface area contributed by atoms with Gasteiger partial charge in [-0.15, -0.1) is 0 Å². The van der Waals surface area contributed by atoms with Crippen LogP contribution in [0.15, 0.2) is 40.3 Å². The second-order valence-electron chi connectivity index (χ2n) is 3.57. The standard InChI is InChI=1S/C12H13N3S/c1-8-5-3-4-6-10(8)16-11-7-9(2)14-12(13)15-11/h3-7H,1-2H3,(H2,13,14,15). The van der Waals surface area contributed by atoms with Crippen LogP contribution in [0.4, 0.5) is 5.95 Å². The molecule has 2 aromatic rings. The van der Waals surface area contributed by atoms with Crippen molar-refractivity contribution >= 4 is 17.7 Å². The van der Waals surface area contributed by atoms with Crippen molar-refractivity contribution in [1.29, 1.82) is 0 Å². The van der Waals surface area contributed by atoms with Crippen LogP contribution in [-0.2, 0) is 0 Å². The fourth-order valence-corrected chi connectivity index (χ4v) is 2.37. The van der Waals surface area contributed by atoms with Crippen LogP contribution < -0.4 is 5.73 Å². The van der Waals surface area contributed by atoms with Crippen LogP contribution in [0.3, 0.4) is 0 Å². The smallest absolute Gasteiger partial charge is 0.221 e. The Labute approximate surface area is 99.1 Å². The highest BCUT2D eigenvalue weighted by molar-refractivity contribution is 7.99. The van der Waals surface area contributed by atoms with Gasteiger partial charge in [0.15, 0.2) is 0 Å². The number of aromatic nitrogens is 2. The topological polar surface area (TPSA) is 51.8 Å². The lowest BCUT2D eigenvalue weighted by Crippen LogP contribution is -1.97. The zero-order valence-corrected chi connectivity index (χ0v) is 10.1. The molecule has 0 amide bonds. The second-order valence-corrected chi connectivity index (χ2v) is 4.64. The number of benzene rings is 1. The van der Waals surface area contributed by atoms with E-state index in [1.54, 1.807) is 11.8 Å². The summed E-state index contributed by atoms with van der Waals surface area (Å²) >= 11 is 1.61. The van der Waals surface area contributed by atoms with Gasteiger partial charge in [-0.3, -0.25) is 0 Å². The molecule has 2 rings (SSSR count). The lowest BCUT2D eigenvalue weighted by molar-refractivity contribution is 1.02. The third kappa shape index (κ3) is 2.52. The summed E-state index contributed by atoms with van der Waals surface area (Å²) in [7, 11) is 0. The molecule has 0 aliphatic carbocycles. The lowest BCUT2D eigenvalue weighted by atomic mass is 10.2. The molecule has 0 aliphatic rings. The summed E-state index contributed by atoms with van der Waals surface area (Å²) in [5.74, 6) is 0.330. The molecule has 4 heteroatoms. The third-order valence-corrected chi connectivity index (χ3v) is 3.25. The van der Waals surface area contributed by atoms with Crippen LogP contribution in [0, 0.1) is 13.8 Å². The Morgan fingerprint density at radius 2 is 1.88 bits per heavy atom. The zero-order valence-electron chi connectivity index (χ0n) is 9.27. The van der Waals surface area contributed by atoms with Crippen molar-refractivity contribution in [3.63, 3.8) is 0 Å². The first-order valence-electron chi connectivity index (χ1n) is 5.00. The van der Waals surface area contributed by atoms with Crippen LogP contribution in [-0.4, -0.2) is 9.97 Å². The van der Waals surface area contributed by atoms with Crippen LogP contribution in [0.2, 0.25) is 0 Å². The first-order chi connectivity index (χ1) is 7.65. The average molecular weight is 231 g/mol. The number of anilines is 1. The van der Waals surface area contributed by atoms with E-state index in [9.17, 15) is 0 Å². The minimum Gasteiger partial charge on any atom is -0.368 e. The van der Waals surface area contributed by atoms with Crippen molar-refractivity contribution < 1.29 is 0 Å². The number of nitrogen functional groups attached to an aromatic ring is 1. The lowest BCUT2D eigenvalue weighted by Gasteiger charge is -2.05. The van der Waals surface area contributed by atoms with Gasteiger partial charge in [0.1, 0.15) is 5.03 Å². The fourth-order valence-electron chi connectivity index (χ4n) is 1.40. The van der Waals surface area contributed by atoms with Gasteiger partial charge in [0.05, 0.1) is 0 Å². The molecule has 1 aromatic heterocycles. The van der Waals surface area contributed by atoms with E-state index in [0.717, 1.165) is 10.7 Å². The molecule has 0 spiro atoms. The van der Waals surface area contributed by atoms with Crippen molar-refractivity contribution in [1.82, 2.24) is 9.97 Å². The molecule has 0 saturated carbocycles. The number of nitrogens with two attached hydrogens (primary N) is 1. The summed E-state index contributed by atoms with van der Waals surface area (Å²) in [6.07, 6.45) is 0. The molecule has 1 heterocycles. The van der Waals surface area contributed by atoms with E-state index < -0.39 is 0 Å². The molecule has 0 radical (unpaired) electrons. The summed E-state index contributed by atoms with van der Waals surface area (Å²) in [6.45, 7) is 4.00. The maximum Gasteiger partial charge on any atom is 0.221 e. The Morgan fingerprint density at radius 3 is 2.56 bits per heavy atom. The highest BCUT2D eigenvalue weighted by atomic mass is 32.2. The molecular formula is C12H13N3S. The molecule has 0 unspecified atom stereocenters. The molecule has 0 aliphatic heterocycles. The first kappa shape index (κ1) is 11.0. The summed E-state index contributed by atoms with van der Waals surface area (Å²) in [5, 5.41) is 0.888. The average Bonchev–Trinajstić information content (AvgIpc) is 2.20. The Morgan fingerprint density at radius 1 is 1.12 bits per heavy atom. The molecule has 3 nitrogen and oxygen atoms in total. The quantitative estimate of drug-likeness (QED) is 0.807. The monoisotopic (exact) mass is 231 g/mol. The number of aryl methyl sites for hydroxylation is 2. The predicted molar refractivity (Wildman–Crippen MR) is 66.5 cm³/mol. The Hall–Kier alpha value is -1.55. The van der Waals surface area contributed by atoms with Gasteiger partial charge in [0.25, 0.3) is 0 Å². The molecule has 2 N–H and O–H groups in total. The number of hydrogen-bond donors (Lipinski definition) is 1. The summed E-state index contributed by atoms with van der Waals surface area (Å²) < 4.78 is 0. The highest BCUT2D eigenvalue weighted by Gasteiger charge is 2.03. The molecule has 0 fully saturated rings. The Bertz CT molecular complexity index is 491. The van der Waals surface area contributed by atoms with E-state index in [1.165, 1.54) is 10.5 Å². The highest BCUT2D eigenvalue weighted by Crippen LogP contribution is 2.29. The van der Waals surface area contributed by atoms with Crippen molar-refractivity contribution in [2.24, 2.45) is 0 Å². The van der Waals surface area contributed by atoms with Gasteiger partial charge in [0.2, 0.25) is 5.95 Å². The van der Waals surface area contributed by atoms with Crippen molar-refractivity contribution in [3.8, 4) is 0 Å². The molecule has 16 heavy (non-hydrogen) atoms. The van der Waals surface area contributed by atoms with Crippen LogP contribution in [0.5, 0.6) is 0 Å². The van der Waals surface area contributed by atoms with Crippen molar-refractivity contribution in [3.05, 3.63) is 41.6 Å². The maximum atomic E-state index is 5.62. The third-order valence-electron chi connectivity index (χ3n) is 2.16. The summed E-state index contributed by atoms with van der Waals surface area (Å²) in [4.78, 5) is 9.45. The van der Waals surface area contributed by atoms with E-state index in [-0.39, 0.29) is 0 Å². The van der Waals surface area contributed by atoms with Gasteiger partial charge in [0, 0.05) is 10.6 Å². The fraction of sp³-hybridized carbons (Fsp3) is 0.167. The number of nitrogens with zero attached hydrogens (tertiary/aromatic N) is 2. The largest absolute Gasteiger partial charge is 0.368 e. The summed E-state index contributed by atoms with van der Waals surface area (Å²) in [6, 6.07) is 10.1. The van der Waals surface area contributed by atoms with Gasteiger partial charge in [-0.05, 0) is 31.5 Å². The Kier molecular flexibility index (Phi) is 3.10. The first-order valence-corrected chi connectivity index (χ1v) is 5.81. The number of hydrogen-bond acceptors (Lipinski definition) is 4. The molecule has 0 bridgehead atoms. The molecule has 0 atom stereocenters. The van der Waals surface area contributed by atoms with Crippen molar-refractivity contribution in [2.45, 2.75) is 23.8 Å². The van der Waals surface area contributed by atoms with E-state index in [1.807, 2.05) is 25.1 Å². The van der Waals surface area contributed by atoms with Crippen molar-refractivity contribution in [2.75, 3.05) is 5.73 Å². The SMILES string of the molecule is Cc1cc(Sc2ccccc2C)nc(N)n1. The van der Waals surface area contributed by atoms with Crippen LogP contribution in [0.25, 0.3) is 0 Å². The minimum atomic E-state index is 0.330. The van der Waals surface area contributed by atoms with E-state index in [4.69, 9.17) is 5.73 Å².